The van der Waals surface area contributed by atoms with Gasteiger partial charge in [-0.25, -0.2) is 4.79 Å². The van der Waals surface area contributed by atoms with Gasteiger partial charge in [-0.05, 0) is 41.2 Å². The van der Waals surface area contributed by atoms with Crippen LogP contribution in [0.1, 0.15) is 24.0 Å². The van der Waals surface area contributed by atoms with E-state index < -0.39 is 24.3 Å². The van der Waals surface area contributed by atoms with Gasteiger partial charge in [-0.3, -0.25) is 9.13 Å². The zero-order valence-electron chi connectivity index (χ0n) is 18.0. The van der Waals surface area contributed by atoms with Crippen molar-refractivity contribution < 1.29 is 23.0 Å². The number of alkyl halides is 3. The fourth-order valence-electron chi connectivity index (χ4n) is 3.98. The standard InChI is InChI=1S/C24H26F3N3O3/c25-24(26,27)16-30-22(31)15-29(23(30)32)14-17-4-6-19(7-5-17)20-3-1-2-18(12-20)13-28-21-8-10-33-11-9-21/h1-7,12,15,21,28,31H,8-11,13-14,16H2. The molecule has 1 saturated heterocycles. The fraction of sp³-hybridized carbons (Fsp3) is 0.375. The van der Waals surface area contributed by atoms with Crippen LogP contribution >= 0.6 is 0 Å². The summed E-state index contributed by atoms with van der Waals surface area (Å²) in [6, 6.07) is 16.2. The lowest BCUT2D eigenvalue weighted by Crippen LogP contribution is -2.34. The number of hydrogen-bond acceptors (Lipinski definition) is 4. The lowest BCUT2D eigenvalue weighted by atomic mass is 10.0. The smallest absolute Gasteiger partial charge is 0.406 e. The van der Waals surface area contributed by atoms with Crippen molar-refractivity contribution in [1.29, 1.82) is 0 Å². The summed E-state index contributed by atoms with van der Waals surface area (Å²) in [7, 11) is 0. The molecule has 1 fully saturated rings. The van der Waals surface area contributed by atoms with Gasteiger partial charge in [0.1, 0.15) is 6.54 Å². The van der Waals surface area contributed by atoms with Crippen LogP contribution in [0, 0.1) is 0 Å². The second kappa shape index (κ2) is 9.84. The molecule has 6 nitrogen and oxygen atoms in total. The summed E-state index contributed by atoms with van der Waals surface area (Å²) in [4.78, 5) is 12.2. The van der Waals surface area contributed by atoms with E-state index in [0.29, 0.717) is 10.6 Å². The first-order valence-corrected chi connectivity index (χ1v) is 10.8. The minimum Gasteiger partial charge on any atom is -0.493 e. The number of aromatic hydroxyl groups is 1. The zero-order chi connectivity index (χ0) is 23.4. The number of hydrogen-bond donors (Lipinski definition) is 2. The molecule has 176 valence electrons. The summed E-state index contributed by atoms with van der Waals surface area (Å²) in [5, 5.41) is 13.3. The first-order chi connectivity index (χ1) is 15.8. The first kappa shape index (κ1) is 23.1. The maximum atomic E-state index is 12.6. The quantitative estimate of drug-likeness (QED) is 0.560. The molecular weight excluding hydrogens is 435 g/mol. The monoisotopic (exact) mass is 461 g/mol. The van der Waals surface area contributed by atoms with Crippen LogP contribution in [-0.2, 0) is 24.4 Å². The molecule has 0 saturated carbocycles. The fourth-order valence-corrected chi connectivity index (χ4v) is 3.98. The molecule has 0 aliphatic carbocycles. The van der Waals surface area contributed by atoms with E-state index in [1.807, 2.05) is 36.4 Å². The minimum atomic E-state index is -4.59. The molecule has 9 heteroatoms. The highest BCUT2D eigenvalue weighted by Gasteiger charge is 2.30. The number of halogens is 3. The summed E-state index contributed by atoms with van der Waals surface area (Å²) in [5.41, 5.74) is 3.06. The predicted octanol–water partition coefficient (Wildman–Crippen LogP) is 3.90. The SMILES string of the molecule is O=c1n(Cc2ccc(-c3cccc(CNC4CCOCC4)c3)cc2)cc(O)n1CC(F)(F)F. The third-order valence-corrected chi connectivity index (χ3v) is 5.75. The van der Waals surface area contributed by atoms with E-state index in [9.17, 15) is 23.1 Å². The summed E-state index contributed by atoms with van der Waals surface area (Å²) in [5.74, 6) is -0.708. The molecule has 0 amide bonds. The molecule has 0 bridgehead atoms. The van der Waals surface area contributed by atoms with Crippen molar-refractivity contribution in [2.45, 2.75) is 44.7 Å². The van der Waals surface area contributed by atoms with Crippen LogP contribution in [0.4, 0.5) is 13.2 Å². The van der Waals surface area contributed by atoms with Crippen LogP contribution in [0.5, 0.6) is 5.88 Å². The zero-order valence-corrected chi connectivity index (χ0v) is 18.0. The third-order valence-electron chi connectivity index (χ3n) is 5.75. The first-order valence-electron chi connectivity index (χ1n) is 10.8. The van der Waals surface area contributed by atoms with E-state index in [1.54, 1.807) is 0 Å². The lowest BCUT2D eigenvalue weighted by molar-refractivity contribution is -0.142. The Morgan fingerprint density at radius 2 is 1.76 bits per heavy atom. The Morgan fingerprint density at radius 1 is 1.03 bits per heavy atom. The van der Waals surface area contributed by atoms with Gasteiger partial charge in [-0.2, -0.15) is 13.2 Å². The molecule has 1 aliphatic rings. The Morgan fingerprint density at radius 3 is 2.45 bits per heavy atom. The number of nitrogens with zero attached hydrogens (tertiary/aromatic N) is 2. The van der Waals surface area contributed by atoms with Crippen molar-refractivity contribution in [3.63, 3.8) is 0 Å². The average Bonchev–Trinajstić information content (AvgIpc) is 3.05. The molecule has 1 aliphatic heterocycles. The lowest BCUT2D eigenvalue weighted by Gasteiger charge is -2.23. The number of ether oxygens (including phenoxy) is 1. The Kier molecular flexibility index (Phi) is 6.90. The maximum Gasteiger partial charge on any atom is 0.406 e. The van der Waals surface area contributed by atoms with Crippen LogP contribution in [0.15, 0.2) is 59.5 Å². The highest BCUT2D eigenvalue weighted by atomic mass is 19.4. The number of rotatable bonds is 7. The third kappa shape index (κ3) is 6.06. The highest BCUT2D eigenvalue weighted by Crippen LogP contribution is 2.23. The van der Waals surface area contributed by atoms with E-state index >= 15 is 0 Å². The molecule has 0 radical (unpaired) electrons. The van der Waals surface area contributed by atoms with Crippen molar-refractivity contribution in [3.05, 3.63) is 76.3 Å². The van der Waals surface area contributed by atoms with E-state index in [2.05, 4.69) is 17.4 Å². The molecule has 2 aromatic carbocycles. The highest BCUT2D eigenvalue weighted by molar-refractivity contribution is 5.64. The Hall–Kier alpha value is -3.04. The van der Waals surface area contributed by atoms with Crippen molar-refractivity contribution in [1.82, 2.24) is 14.5 Å². The molecule has 0 unspecified atom stereocenters. The van der Waals surface area contributed by atoms with Crippen molar-refractivity contribution in [2.24, 2.45) is 0 Å². The van der Waals surface area contributed by atoms with Crippen LogP contribution in [0.25, 0.3) is 11.1 Å². The van der Waals surface area contributed by atoms with Gasteiger partial charge >= 0.3 is 11.9 Å². The molecule has 2 heterocycles. The van der Waals surface area contributed by atoms with Gasteiger partial charge in [0, 0.05) is 25.8 Å². The topological polar surface area (TPSA) is 68.4 Å². The van der Waals surface area contributed by atoms with Gasteiger partial charge in [0.2, 0.25) is 5.88 Å². The maximum absolute atomic E-state index is 12.6. The van der Waals surface area contributed by atoms with Crippen molar-refractivity contribution in [3.8, 4) is 17.0 Å². The van der Waals surface area contributed by atoms with Gasteiger partial charge in [-0.1, -0.05) is 42.5 Å². The van der Waals surface area contributed by atoms with Crippen LogP contribution in [0.3, 0.4) is 0 Å². The summed E-state index contributed by atoms with van der Waals surface area (Å²) in [6.07, 6.45) is -1.54. The molecule has 0 spiro atoms. The second-order valence-electron chi connectivity index (χ2n) is 8.26. The van der Waals surface area contributed by atoms with Gasteiger partial charge in [0.25, 0.3) is 0 Å². The van der Waals surface area contributed by atoms with E-state index in [0.717, 1.165) is 60.1 Å². The summed E-state index contributed by atoms with van der Waals surface area (Å²) in [6.45, 7) is 0.902. The van der Waals surface area contributed by atoms with Gasteiger partial charge in [-0.15, -0.1) is 0 Å². The molecule has 4 rings (SSSR count). The number of imidazole rings is 1. The Labute approximate surface area is 189 Å². The van der Waals surface area contributed by atoms with Crippen LogP contribution < -0.4 is 11.0 Å². The molecular formula is C24H26F3N3O3. The second-order valence-corrected chi connectivity index (χ2v) is 8.26. The Balaban J connectivity index is 1.42. The Bertz CT molecular complexity index is 1130. The molecule has 2 N–H and O–H groups in total. The summed E-state index contributed by atoms with van der Waals surface area (Å²) < 4.78 is 44.6. The largest absolute Gasteiger partial charge is 0.493 e. The molecule has 33 heavy (non-hydrogen) atoms. The average molecular weight is 461 g/mol. The number of benzene rings is 2. The van der Waals surface area contributed by atoms with Crippen LogP contribution in [0.2, 0.25) is 0 Å². The normalized spacial score (nSPS) is 15.1. The molecule has 3 aromatic rings. The van der Waals surface area contributed by atoms with E-state index in [-0.39, 0.29) is 6.54 Å². The van der Waals surface area contributed by atoms with E-state index in [4.69, 9.17) is 4.74 Å². The van der Waals surface area contributed by atoms with Gasteiger partial charge in [0.15, 0.2) is 0 Å². The predicted molar refractivity (Wildman–Crippen MR) is 118 cm³/mol. The minimum absolute atomic E-state index is 0.0621. The van der Waals surface area contributed by atoms with Crippen molar-refractivity contribution >= 4 is 0 Å². The molecule has 0 atom stereocenters. The van der Waals surface area contributed by atoms with E-state index in [1.165, 1.54) is 5.56 Å². The number of aromatic nitrogens is 2. The van der Waals surface area contributed by atoms with Gasteiger partial charge < -0.3 is 15.2 Å². The van der Waals surface area contributed by atoms with Gasteiger partial charge in [0.05, 0.1) is 12.7 Å². The number of nitrogens with one attached hydrogen (secondary N) is 1. The van der Waals surface area contributed by atoms with Crippen LogP contribution in [-0.4, -0.2) is 39.7 Å². The van der Waals surface area contributed by atoms with Crippen molar-refractivity contribution in [2.75, 3.05) is 13.2 Å². The molecule has 1 aromatic heterocycles. The summed E-state index contributed by atoms with van der Waals surface area (Å²) >= 11 is 0.